The van der Waals surface area contributed by atoms with E-state index in [2.05, 4.69) is 41.4 Å². The number of nitrogens with one attached hydrogen (secondary N) is 1. The van der Waals surface area contributed by atoms with E-state index in [1.54, 1.807) is 0 Å². The summed E-state index contributed by atoms with van der Waals surface area (Å²) >= 11 is 0. The van der Waals surface area contributed by atoms with E-state index in [1.165, 1.54) is 23.0 Å². The first-order valence-corrected chi connectivity index (χ1v) is 11.2. The van der Waals surface area contributed by atoms with E-state index in [4.69, 9.17) is 9.73 Å². The van der Waals surface area contributed by atoms with Crippen molar-refractivity contribution in [2.75, 3.05) is 52.5 Å². The maximum Gasteiger partial charge on any atom is 0.403 e. The van der Waals surface area contributed by atoms with Gasteiger partial charge < -0.3 is 15.0 Å². The molecule has 2 fully saturated rings. The van der Waals surface area contributed by atoms with E-state index >= 15 is 0 Å². The second kappa shape index (κ2) is 10.2. The molecule has 1 aromatic rings. The Balaban J connectivity index is 1.75. The lowest BCUT2D eigenvalue weighted by Crippen LogP contribution is -2.57. The van der Waals surface area contributed by atoms with Crippen molar-refractivity contribution in [2.45, 2.75) is 51.2 Å². The lowest BCUT2D eigenvalue weighted by Gasteiger charge is -2.41. The van der Waals surface area contributed by atoms with Crippen LogP contribution in [0, 0.1) is 6.92 Å². The monoisotopic (exact) mass is 440 g/mol. The largest absolute Gasteiger partial charge is 0.403 e. The number of nitrogens with zero attached hydrogens (tertiary/aromatic N) is 3. The average Bonchev–Trinajstić information content (AvgIpc) is 2.76. The maximum atomic E-state index is 13.1. The Kier molecular flexibility index (Phi) is 7.86. The first-order chi connectivity index (χ1) is 14.8. The molecule has 0 saturated carbocycles. The zero-order valence-electron chi connectivity index (χ0n) is 18.8. The Bertz CT molecular complexity index is 739. The molecule has 0 bridgehead atoms. The molecule has 2 saturated heterocycles. The number of hydrogen-bond donors (Lipinski definition) is 1. The summed E-state index contributed by atoms with van der Waals surface area (Å²) in [7, 11) is 0. The highest BCUT2D eigenvalue weighted by Crippen LogP contribution is 2.37. The van der Waals surface area contributed by atoms with Gasteiger partial charge in [-0.3, -0.25) is 9.89 Å². The van der Waals surface area contributed by atoms with Crippen LogP contribution in [0.2, 0.25) is 0 Å². The first-order valence-electron chi connectivity index (χ1n) is 11.2. The summed E-state index contributed by atoms with van der Waals surface area (Å²) < 4.78 is 44.9. The Morgan fingerprint density at radius 1 is 1.16 bits per heavy atom. The molecule has 2 aliphatic heterocycles. The molecule has 2 aliphatic rings. The van der Waals surface area contributed by atoms with Gasteiger partial charge in [-0.1, -0.05) is 24.3 Å². The van der Waals surface area contributed by atoms with Gasteiger partial charge in [0, 0.05) is 51.4 Å². The highest BCUT2D eigenvalue weighted by atomic mass is 19.4. The molecule has 31 heavy (non-hydrogen) atoms. The number of ether oxygens (including phenoxy) is 1. The van der Waals surface area contributed by atoms with Crippen LogP contribution in [-0.2, 0) is 10.2 Å². The molecule has 8 heteroatoms. The van der Waals surface area contributed by atoms with E-state index in [-0.39, 0.29) is 5.41 Å². The van der Waals surface area contributed by atoms with E-state index in [0.717, 1.165) is 25.3 Å². The predicted octanol–water partition coefficient (Wildman–Crippen LogP) is 3.58. The normalized spacial score (nSPS) is 21.7. The number of guanidine groups is 1. The van der Waals surface area contributed by atoms with Crippen molar-refractivity contribution < 1.29 is 17.9 Å². The molecule has 1 unspecified atom stereocenters. The van der Waals surface area contributed by atoms with E-state index in [1.807, 2.05) is 6.92 Å². The molecular weight excluding hydrogens is 405 g/mol. The van der Waals surface area contributed by atoms with Crippen LogP contribution in [0.15, 0.2) is 29.3 Å². The SMILES string of the molecule is CCNC(=NCC1(c2ccccc2C)CCOCC1)N1CCN(C(C)C(F)(F)F)CC1. The minimum Gasteiger partial charge on any atom is -0.381 e. The number of aryl methyl sites for hydroxylation is 1. The third kappa shape index (κ3) is 5.71. The topological polar surface area (TPSA) is 40.1 Å². The number of aliphatic imine (C=N–C) groups is 1. The van der Waals surface area contributed by atoms with Gasteiger partial charge in [0.05, 0.1) is 6.54 Å². The lowest BCUT2D eigenvalue weighted by molar-refractivity contribution is -0.181. The van der Waals surface area contributed by atoms with Crippen LogP contribution < -0.4 is 5.32 Å². The van der Waals surface area contributed by atoms with Crippen molar-refractivity contribution in [1.82, 2.24) is 15.1 Å². The van der Waals surface area contributed by atoms with E-state index in [9.17, 15) is 13.2 Å². The van der Waals surface area contributed by atoms with Crippen LogP contribution in [0.3, 0.4) is 0 Å². The van der Waals surface area contributed by atoms with Gasteiger partial charge in [-0.2, -0.15) is 13.2 Å². The molecule has 0 aromatic heterocycles. The molecule has 1 atom stereocenters. The molecule has 2 heterocycles. The van der Waals surface area contributed by atoms with Gasteiger partial charge in [0.25, 0.3) is 0 Å². The number of piperazine rings is 1. The van der Waals surface area contributed by atoms with E-state index in [0.29, 0.717) is 45.9 Å². The van der Waals surface area contributed by atoms with Crippen molar-refractivity contribution in [3.63, 3.8) is 0 Å². The van der Waals surface area contributed by atoms with Crippen LogP contribution in [0.5, 0.6) is 0 Å². The second-order valence-electron chi connectivity index (χ2n) is 8.62. The minimum atomic E-state index is -4.19. The summed E-state index contributed by atoms with van der Waals surface area (Å²) in [5, 5.41) is 3.35. The first kappa shape index (κ1) is 23.9. The van der Waals surface area contributed by atoms with Gasteiger partial charge in [0.2, 0.25) is 0 Å². The van der Waals surface area contributed by atoms with Crippen molar-refractivity contribution in [1.29, 1.82) is 0 Å². The Morgan fingerprint density at radius 2 is 1.81 bits per heavy atom. The number of benzene rings is 1. The lowest BCUT2D eigenvalue weighted by atomic mass is 9.72. The van der Waals surface area contributed by atoms with Gasteiger partial charge >= 0.3 is 6.18 Å². The van der Waals surface area contributed by atoms with Crippen LogP contribution >= 0.6 is 0 Å². The third-order valence-corrected chi connectivity index (χ3v) is 6.67. The quantitative estimate of drug-likeness (QED) is 0.561. The number of alkyl halides is 3. The fraction of sp³-hybridized carbons (Fsp3) is 0.696. The van der Waals surface area contributed by atoms with Gasteiger partial charge in [-0.05, 0) is 44.7 Å². The van der Waals surface area contributed by atoms with E-state index < -0.39 is 12.2 Å². The summed E-state index contributed by atoms with van der Waals surface area (Å²) in [5.41, 5.74) is 2.51. The predicted molar refractivity (Wildman–Crippen MR) is 118 cm³/mol. The van der Waals surface area contributed by atoms with Gasteiger partial charge in [0.1, 0.15) is 6.04 Å². The average molecular weight is 441 g/mol. The molecule has 1 N–H and O–H groups in total. The summed E-state index contributed by atoms with van der Waals surface area (Å²) in [4.78, 5) is 8.60. The van der Waals surface area contributed by atoms with Crippen LogP contribution in [-0.4, -0.2) is 80.5 Å². The fourth-order valence-electron chi connectivity index (χ4n) is 4.62. The highest BCUT2D eigenvalue weighted by Gasteiger charge is 2.41. The summed E-state index contributed by atoms with van der Waals surface area (Å²) in [6.07, 6.45) is -2.36. The standard InChI is InChI=1S/C23H35F3N4O/c1-4-27-21(30-13-11-29(12-14-30)19(3)23(24,25)26)28-17-22(9-15-31-16-10-22)20-8-6-5-7-18(20)2/h5-8,19H,4,9-17H2,1-3H3,(H,27,28). The van der Waals surface area contributed by atoms with Gasteiger partial charge in [0.15, 0.2) is 5.96 Å². The third-order valence-electron chi connectivity index (χ3n) is 6.67. The summed E-state index contributed by atoms with van der Waals surface area (Å²) in [5.74, 6) is 0.793. The number of halogens is 3. The summed E-state index contributed by atoms with van der Waals surface area (Å²) in [6.45, 7) is 10.0. The van der Waals surface area contributed by atoms with Crippen molar-refractivity contribution in [3.8, 4) is 0 Å². The summed E-state index contributed by atoms with van der Waals surface area (Å²) in [6, 6.07) is 7.06. The molecule has 0 amide bonds. The molecule has 174 valence electrons. The number of rotatable bonds is 5. The maximum absolute atomic E-state index is 13.1. The smallest absolute Gasteiger partial charge is 0.381 e. The zero-order chi connectivity index (χ0) is 22.5. The van der Waals surface area contributed by atoms with Gasteiger partial charge in [-0.15, -0.1) is 0 Å². The van der Waals surface area contributed by atoms with Crippen LogP contribution in [0.1, 0.15) is 37.8 Å². The van der Waals surface area contributed by atoms with Crippen molar-refractivity contribution >= 4 is 5.96 Å². The Labute approximate surface area is 183 Å². The van der Waals surface area contributed by atoms with Gasteiger partial charge in [-0.25, -0.2) is 0 Å². The molecule has 0 radical (unpaired) electrons. The Morgan fingerprint density at radius 3 is 2.39 bits per heavy atom. The van der Waals surface area contributed by atoms with Crippen LogP contribution in [0.4, 0.5) is 13.2 Å². The Hall–Kier alpha value is -1.80. The minimum absolute atomic E-state index is 0.0725. The number of hydrogen-bond acceptors (Lipinski definition) is 3. The molecule has 3 rings (SSSR count). The fourth-order valence-corrected chi connectivity index (χ4v) is 4.62. The zero-order valence-corrected chi connectivity index (χ0v) is 18.8. The molecule has 0 spiro atoms. The van der Waals surface area contributed by atoms with Crippen molar-refractivity contribution in [3.05, 3.63) is 35.4 Å². The van der Waals surface area contributed by atoms with Crippen LogP contribution in [0.25, 0.3) is 0 Å². The molecule has 5 nitrogen and oxygen atoms in total. The molecular formula is C23H35F3N4O. The molecule has 1 aromatic carbocycles. The second-order valence-corrected chi connectivity index (χ2v) is 8.62. The highest BCUT2D eigenvalue weighted by molar-refractivity contribution is 5.80. The molecule has 0 aliphatic carbocycles. The van der Waals surface area contributed by atoms with Crippen molar-refractivity contribution in [2.24, 2.45) is 4.99 Å².